The number of nitrogens with two attached hydrogens (primary N) is 1. The van der Waals surface area contributed by atoms with Gasteiger partial charge in [0.25, 0.3) is 0 Å². The van der Waals surface area contributed by atoms with Crippen molar-refractivity contribution in [1.82, 2.24) is 0 Å². The van der Waals surface area contributed by atoms with Crippen LogP contribution in [0, 0.1) is 19.8 Å². The van der Waals surface area contributed by atoms with E-state index in [4.69, 9.17) is 10.5 Å². The molecule has 1 atom stereocenters. The van der Waals surface area contributed by atoms with E-state index in [1.165, 1.54) is 0 Å². The predicted molar refractivity (Wildman–Crippen MR) is 69.6 cm³/mol. The van der Waals surface area contributed by atoms with Crippen LogP contribution in [0.15, 0.2) is 12.1 Å². The van der Waals surface area contributed by atoms with Gasteiger partial charge in [0.2, 0.25) is 0 Å². The number of benzene rings is 1. The number of ether oxygens (including phenoxy) is 1. The molecule has 1 aromatic carbocycles. The molecule has 0 aromatic heterocycles. The van der Waals surface area contributed by atoms with Crippen LogP contribution in [-0.4, -0.2) is 19.4 Å². The zero-order valence-corrected chi connectivity index (χ0v) is 11.0. The van der Waals surface area contributed by atoms with Crippen molar-refractivity contribution in [3.8, 4) is 5.75 Å². The van der Waals surface area contributed by atoms with Crippen LogP contribution in [0.4, 0.5) is 0 Å². The standard InChI is InChI=1S/C14H21NO2/c1-9-5-11(3)14(17-4)12(6-9)13(16)7-10(2)8-15/h5-6,10H,7-8,15H2,1-4H3. The summed E-state index contributed by atoms with van der Waals surface area (Å²) in [5, 5.41) is 0. The molecule has 1 unspecified atom stereocenters. The molecular weight excluding hydrogens is 214 g/mol. The fraction of sp³-hybridized carbons (Fsp3) is 0.500. The van der Waals surface area contributed by atoms with E-state index >= 15 is 0 Å². The summed E-state index contributed by atoms with van der Waals surface area (Å²) in [5.74, 6) is 0.990. The van der Waals surface area contributed by atoms with Crippen molar-refractivity contribution in [1.29, 1.82) is 0 Å². The van der Waals surface area contributed by atoms with Crippen LogP contribution >= 0.6 is 0 Å². The van der Waals surface area contributed by atoms with E-state index in [9.17, 15) is 4.79 Å². The van der Waals surface area contributed by atoms with E-state index in [0.29, 0.717) is 24.3 Å². The summed E-state index contributed by atoms with van der Waals surface area (Å²) in [6.07, 6.45) is 0.468. The summed E-state index contributed by atoms with van der Waals surface area (Å²) in [7, 11) is 1.60. The van der Waals surface area contributed by atoms with Crippen LogP contribution in [-0.2, 0) is 0 Å². The molecule has 0 radical (unpaired) electrons. The summed E-state index contributed by atoms with van der Waals surface area (Å²) in [6, 6.07) is 3.90. The van der Waals surface area contributed by atoms with Gasteiger partial charge >= 0.3 is 0 Å². The van der Waals surface area contributed by atoms with E-state index < -0.39 is 0 Å². The Labute approximate surface area is 103 Å². The van der Waals surface area contributed by atoms with Crippen molar-refractivity contribution in [3.05, 3.63) is 28.8 Å². The number of ketones is 1. The Bertz CT molecular complexity index is 413. The van der Waals surface area contributed by atoms with Gasteiger partial charge in [-0.3, -0.25) is 4.79 Å². The molecule has 0 heterocycles. The maximum atomic E-state index is 12.2. The Morgan fingerprint density at radius 3 is 2.59 bits per heavy atom. The van der Waals surface area contributed by atoms with Gasteiger partial charge in [-0.05, 0) is 43.5 Å². The minimum atomic E-state index is 0.103. The Kier molecular flexibility index (Phi) is 4.70. The quantitative estimate of drug-likeness (QED) is 0.798. The highest BCUT2D eigenvalue weighted by Gasteiger charge is 2.16. The number of Topliss-reactive ketones (excluding diaryl/α,β-unsaturated/α-hetero) is 1. The molecule has 0 spiro atoms. The Hall–Kier alpha value is -1.35. The van der Waals surface area contributed by atoms with E-state index in [1.807, 2.05) is 32.9 Å². The summed E-state index contributed by atoms with van der Waals surface area (Å²) >= 11 is 0. The number of carbonyl (C=O) groups excluding carboxylic acids is 1. The predicted octanol–water partition coefficient (Wildman–Crippen LogP) is 2.48. The lowest BCUT2D eigenvalue weighted by Gasteiger charge is -2.13. The summed E-state index contributed by atoms with van der Waals surface area (Å²) in [4.78, 5) is 12.2. The van der Waals surface area contributed by atoms with Gasteiger partial charge < -0.3 is 10.5 Å². The molecule has 0 amide bonds. The number of carbonyl (C=O) groups is 1. The third-order valence-electron chi connectivity index (χ3n) is 2.86. The van der Waals surface area contributed by atoms with Crippen molar-refractivity contribution in [2.24, 2.45) is 11.7 Å². The third kappa shape index (κ3) is 3.30. The van der Waals surface area contributed by atoms with Gasteiger partial charge in [0.1, 0.15) is 5.75 Å². The van der Waals surface area contributed by atoms with Crippen molar-refractivity contribution in [2.45, 2.75) is 27.2 Å². The van der Waals surface area contributed by atoms with Gasteiger partial charge in [-0.15, -0.1) is 0 Å². The second-order valence-corrected chi connectivity index (χ2v) is 4.63. The lowest BCUT2D eigenvalue weighted by Crippen LogP contribution is -2.16. The lowest BCUT2D eigenvalue weighted by molar-refractivity contribution is 0.0962. The van der Waals surface area contributed by atoms with Gasteiger partial charge in [-0.2, -0.15) is 0 Å². The van der Waals surface area contributed by atoms with Crippen LogP contribution in [0.1, 0.15) is 34.8 Å². The second-order valence-electron chi connectivity index (χ2n) is 4.63. The fourth-order valence-corrected chi connectivity index (χ4v) is 1.94. The monoisotopic (exact) mass is 235 g/mol. The fourth-order valence-electron chi connectivity index (χ4n) is 1.94. The summed E-state index contributed by atoms with van der Waals surface area (Å²) < 4.78 is 5.32. The zero-order chi connectivity index (χ0) is 13.0. The average molecular weight is 235 g/mol. The molecule has 17 heavy (non-hydrogen) atoms. The molecule has 1 aromatic rings. The Morgan fingerprint density at radius 2 is 2.06 bits per heavy atom. The molecule has 3 heteroatoms. The molecular formula is C14H21NO2. The van der Waals surface area contributed by atoms with Gasteiger partial charge in [-0.1, -0.05) is 13.0 Å². The lowest BCUT2D eigenvalue weighted by atomic mass is 9.96. The largest absolute Gasteiger partial charge is 0.496 e. The molecule has 3 nitrogen and oxygen atoms in total. The van der Waals surface area contributed by atoms with Crippen LogP contribution < -0.4 is 10.5 Å². The topological polar surface area (TPSA) is 52.3 Å². The SMILES string of the molecule is COc1c(C)cc(C)cc1C(=O)CC(C)CN. The van der Waals surface area contributed by atoms with Gasteiger partial charge in [0.15, 0.2) is 5.78 Å². The molecule has 0 bridgehead atoms. The van der Waals surface area contributed by atoms with E-state index in [0.717, 1.165) is 11.1 Å². The molecule has 0 saturated carbocycles. The van der Waals surface area contributed by atoms with E-state index in [2.05, 4.69) is 0 Å². The molecule has 0 aliphatic carbocycles. The molecule has 94 valence electrons. The van der Waals surface area contributed by atoms with Crippen molar-refractivity contribution < 1.29 is 9.53 Å². The number of hydrogen-bond donors (Lipinski definition) is 1. The van der Waals surface area contributed by atoms with Gasteiger partial charge in [0, 0.05) is 6.42 Å². The van der Waals surface area contributed by atoms with Crippen LogP contribution in [0.5, 0.6) is 5.75 Å². The highest BCUT2D eigenvalue weighted by atomic mass is 16.5. The highest BCUT2D eigenvalue weighted by molar-refractivity contribution is 5.99. The molecule has 0 aliphatic rings. The molecule has 0 fully saturated rings. The number of methoxy groups -OCH3 is 1. The molecule has 1 rings (SSSR count). The maximum absolute atomic E-state index is 12.2. The van der Waals surface area contributed by atoms with Crippen LogP contribution in [0.25, 0.3) is 0 Å². The number of hydrogen-bond acceptors (Lipinski definition) is 3. The van der Waals surface area contributed by atoms with E-state index in [-0.39, 0.29) is 11.7 Å². The number of aryl methyl sites for hydroxylation is 2. The first-order chi connectivity index (χ1) is 7.99. The average Bonchev–Trinajstić information content (AvgIpc) is 2.27. The van der Waals surface area contributed by atoms with Crippen molar-refractivity contribution >= 4 is 5.78 Å². The molecule has 0 aliphatic heterocycles. The van der Waals surface area contributed by atoms with Gasteiger partial charge in [0.05, 0.1) is 12.7 Å². The minimum Gasteiger partial charge on any atom is -0.496 e. The normalized spacial score (nSPS) is 12.3. The zero-order valence-electron chi connectivity index (χ0n) is 11.0. The van der Waals surface area contributed by atoms with E-state index in [1.54, 1.807) is 7.11 Å². The molecule has 0 saturated heterocycles. The Balaban J connectivity index is 3.07. The van der Waals surface area contributed by atoms with Crippen LogP contribution in [0.3, 0.4) is 0 Å². The maximum Gasteiger partial charge on any atom is 0.166 e. The summed E-state index contributed by atoms with van der Waals surface area (Å²) in [6.45, 7) is 6.44. The highest BCUT2D eigenvalue weighted by Crippen LogP contribution is 2.27. The first kappa shape index (κ1) is 13.7. The number of rotatable bonds is 5. The first-order valence-corrected chi connectivity index (χ1v) is 5.88. The summed E-state index contributed by atoms with van der Waals surface area (Å²) in [5.41, 5.74) is 8.29. The van der Waals surface area contributed by atoms with Crippen molar-refractivity contribution in [2.75, 3.05) is 13.7 Å². The second kappa shape index (κ2) is 5.82. The Morgan fingerprint density at radius 1 is 1.41 bits per heavy atom. The van der Waals surface area contributed by atoms with Crippen LogP contribution in [0.2, 0.25) is 0 Å². The van der Waals surface area contributed by atoms with Crippen molar-refractivity contribution in [3.63, 3.8) is 0 Å². The minimum absolute atomic E-state index is 0.103. The first-order valence-electron chi connectivity index (χ1n) is 5.88. The van der Waals surface area contributed by atoms with Gasteiger partial charge in [-0.25, -0.2) is 0 Å². The third-order valence-corrected chi connectivity index (χ3v) is 2.86. The molecule has 2 N–H and O–H groups in total. The smallest absolute Gasteiger partial charge is 0.166 e.